The lowest BCUT2D eigenvalue weighted by Gasteiger charge is -2.19. The third kappa shape index (κ3) is 5.56. The lowest BCUT2D eigenvalue weighted by molar-refractivity contribution is 0.104. The van der Waals surface area contributed by atoms with Crippen molar-refractivity contribution >= 4 is 44.2 Å². The monoisotopic (exact) mass is 502 g/mol. The van der Waals surface area contributed by atoms with E-state index in [1.165, 1.54) is 24.3 Å². The summed E-state index contributed by atoms with van der Waals surface area (Å²) in [5, 5.41) is 1.96. The van der Waals surface area contributed by atoms with Crippen molar-refractivity contribution in [1.82, 2.24) is 4.90 Å². The van der Waals surface area contributed by atoms with Gasteiger partial charge in [-0.1, -0.05) is 49.2 Å². The number of nitrogens with zero attached hydrogens (tertiary/aromatic N) is 1. The van der Waals surface area contributed by atoms with Crippen molar-refractivity contribution in [3.05, 3.63) is 65.7 Å². The fourth-order valence-corrected chi connectivity index (χ4v) is 5.05. The van der Waals surface area contributed by atoms with Crippen molar-refractivity contribution in [3.63, 3.8) is 0 Å². The molecule has 0 unspecified atom stereocenters. The van der Waals surface area contributed by atoms with Gasteiger partial charge in [-0.05, 0) is 42.8 Å². The summed E-state index contributed by atoms with van der Waals surface area (Å²) in [5.41, 5.74) is 0.449. The zero-order chi connectivity index (χ0) is 24.1. The van der Waals surface area contributed by atoms with Crippen molar-refractivity contribution in [2.75, 3.05) is 24.4 Å². The van der Waals surface area contributed by atoms with Gasteiger partial charge in [0.1, 0.15) is 11.9 Å². The maximum Gasteiger partial charge on any atom is 0.409 e. The number of likely N-dealkylation sites (tertiary alicyclic amines) is 1. The summed E-state index contributed by atoms with van der Waals surface area (Å²) in [4.78, 5) is 14.0. The summed E-state index contributed by atoms with van der Waals surface area (Å²) < 4.78 is 40.0. The number of rotatable bonds is 8. The largest absolute Gasteiger partial charge is 0.488 e. The average molecular weight is 503 g/mol. The number of halogens is 1. The first-order valence-electron chi connectivity index (χ1n) is 11.3. The summed E-state index contributed by atoms with van der Waals surface area (Å²) in [6.07, 6.45) is 2.04. The van der Waals surface area contributed by atoms with Gasteiger partial charge < -0.3 is 14.4 Å². The summed E-state index contributed by atoms with van der Waals surface area (Å²) in [6, 6.07) is 16.9. The van der Waals surface area contributed by atoms with Crippen LogP contribution in [0.3, 0.4) is 0 Å². The summed E-state index contributed by atoms with van der Waals surface area (Å²) in [5.74, 6) is 0.635. The lowest BCUT2D eigenvalue weighted by atomic mass is 10.1. The number of unbranched alkanes of at least 4 members (excludes halogenated alkanes) is 1. The maximum atomic E-state index is 12.9. The van der Waals surface area contributed by atoms with Crippen molar-refractivity contribution in [1.29, 1.82) is 0 Å². The van der Waals surface area contributed by atoms with E-state index in [-0.39, 0.29) is 17.1 Å². The first-order valence-corrected chi connectivity index (χ1v) is 13.1. The van der Waals surface area contributed by atoms with Gasteiger partial charge in [0.2, 0.25) is 0 Å². The van der Waals surface area contributed by atoms with Crippen LogP contribution in [0.25, 0.3) is 10.8 Å². The smallest absolute Gasteiger partial charge is 0.409 e. The standard InChI is InChI=1S/C25H27ClN2O5S/c1-2-3-16-32-25(29)28-15-14-19(17-28)33-24-13-12-23(21-6-4-5-7-22(21)24)27-34(30,31)20-10-8-18(26)9-11-20/h4-13,19,27H,2-3,14-17H2,1H3/t19-/m0/s1. The quantitative estimate of drug-likeness (QED) is 0.400. The van der Waals surface area contributed by atoms with Crippen molar-refractivity contribution in [3.8, 4) is 5.75 Å². The molecule has 34 heavy (non-hydrogen) atoms. The molecule has 0 saturated carbocycles. The summed E-state index contributed by atoms with van der Waals surface area (Å²) in [7, 11) is -3.79. The van der Waals surface area contributed by atoms with E-state index in [1.54, 1.807) is 17.0 Å². The molecule has 3 aromatic rings. The molecule has 1 saturated heterocycles. The van der Waals surface area contributed by atoms with Crippen LogP contribution in [0.2, 0.25) is 5.02 Å². The predicted octanol–water partition coefficient (Wildman–Crippen LogP) is 5.68. The molecule has 4 rings (SSSR count). The van der Waals surface area contributed by atoms with Gasteiger partial charge in [0.25, 0.3) is 10.0 Å². The van der Waals surface area contributed by atoms with Crippen LogP contribution in [-0.2, 0) is 14.8 Å². The maximum absolute atomic E-state index is 12.9. The number of anilines is 1. The SMILES string of the molecule is CCCCOC(=O)N1CC[C@H](Oc2ccc(NS(=O)(=O)c3ccc(Cl)cc3)c3ccccc23)C1. The molecule has 0 bridgehead atoms. The second-order valence-corrected chi connectivity index (χ2v) is 10.3. The van der Waals surface area contributed by atoms with Gasteiger partial charge >= 0.3 is 6.09 Å². The zero-order valence-electron chi connectivity index (χ0n) is 18.9. The highest BCUT2D eigenvalue weighted by molar-refractivity contribution is 7.92. The minimum Gasteiger partial charge on any atom is -0.488 e. The Bertz CT molecular complexity index is 1260. The second-order valence-electron chi connectivity index (χ2n) is 8.16. The van der Waals surface area contributed by atoms with Crippen LogP contribution in [0, 0.1) is 0 Å². The van der Waals surface area contributed by atoms with Crippen LogP contribution < -0.4 is 9.46 Å². The van der Waals surface area contributed by atoms with Crippen LogP contribution in [0.1, 0.15) is 26.2 Å². The number of nitrogens with one attached hydrogen (secondary N) is 1. The molecule has 180 valence electrons. The molecule has 1 heterocycles. The van der Waals surface area contributed by atoms with Crippen LogP contribution in [0.4, 0.5) is 10.5 Å². The molecular formula is C25H27ClN2O5S. The van der Waals surface area contributed by atoms with E-state index in [4.69, 9.17) is 21.1 Å². The molecule has 0 spiro atoms. The minimum atomic E-state index is -3.79. The molecule has 7 nitrogen and oxygen atoms in total. The molecule has 1 fully saturated rings. The Kier molecular flexibility index (Phi) is 7.48. The van der Waals surface area contributed by atoms with Crippen LogP contribution >= 0.6 is 11.6 Å². The number of carbonyl (C=O) groups excluding carboxylic acids is 1. The highest BCUT2D eigenvalue weighted by Crippen LogP contribution is 2.34. The fraction of sp³-hybridized carbons (Fsp3) is 0.320. The molecule has 1 atom stereocenters. The van der Waals surface area contributed by atoms with E-state index in [0.29, 0.717) is 48.0 Å². The zero-order valence-corrected chi connectivity index (χ0v) is 20.4. The van der Waals surface area contributed by atoms with Gasteiger partial charge in [0.05, 0.1) is 23.7 Å². The second kappa shape index (κ2) is 10.5. The van der Waals surface area contributed by atoms with E-state index < -0.39 is 10.0 Å². The van der Waals surface area contributed by atoms with Gasteiger partial charge in [-0.15, -0.1) is 0 Å². The number of hydrogen-bond acceptors (Lipinski definition) is 5. The Morgan fingerprint density at radius 2 is 1.82 bits per heavy atom. The van der Waals surface area contributed by atoms with Gasteiger partial charge in [-0.2, -0.15) is 0 Å². The first-order chi connectivity index (χ1) is 16.4. The lowest BCUT2D eigenvalue weighted by Crippen LogP contribution is -2.31. The molecule has 3 aromatic carbocycles. The van der Waals surface area contributed by atoms with Crippen LogP contribution in [0.15, 0.2) is 65.6 Å². The molecule has 1 N–H and O–H groups in total. The van der Waals surface area contributed by atoms with Crippen LogP contribution in [-0.4, -0.2) is 45.2 Å². The number of carbonyl (C=O) groups is 1. The van der Waals surface area contributed by atoms with Crippen molar-refractivity contribution in [2.24, 2.45) is 0 Å². The molecule has 0 aliphatic carbocycles. The van der Waals surface area contributed by atoms with Gasteiger partial charge in [0, 0.05) is 28.8 Å². The molecule has 1 aliphatic rings. The van der Waals surface area contributed by atoms with Crippen molar-refractivity contribution in [2.45, 2.75) is 37.2 Å². The third-order valence-corrected chi connectivity index (χ3v) is 7.31. The molecular weight excluding hydrogens is 476 g/mol. The van der Waals surface area contributed by atoms with E-state index in [2.05, 4.69) is 4.72 Å². The summed E-state index contributed by atoms with van der Waals surface area (Å²) >= 11 is 5.88. The Morgan fingerprint density at radius 1 is 1.09 bits per heavy atom. The normalized spacial score (nSPS) is 15.9. The van der Waals surface area contributed by atoms with Gasteiger partial charge in [-0.25, -0.2) is 13.2 Å². The molecule has 9 heteroatoms. The number of amides is 1. The predicted molar refractivity (Wildman–Crippen MR) is 133 cm³/mol. The molecule has 1 aliphatic heterocycles. The van der Waals surface area contributed by atoms with E-state index in [1.807, 2.05) is 31.2 Å². The minimum absolute atomic E-state index is 0.123. The van der Waals surface area contributed by atoms with Crippen molar-refractivity contribution < 1.29 is 22.7 Å². The van der Waals surface area contributed by atoms with Crippen LogP contribution in [0.5, 0.6) is 5.75 Å². The van der Waals surface area contributed by atoms with E-state index in [0.717, 1.165) is 18.2 Å². The molecule has 0 radical (unpaired) electrons. The number of sulfonamides is 1. The fourth-order valence-electron chi connectivity index (χ4n) is 3.85. The highest BCUT2D eigenvalue weighted by atomic mass is 35.5. The van der Waals surface area contributed by atoms with E-state index >= 15 is 0 Å². The third-order valence-electron chi connectivity index (χ3n) is 5.67. The Morgan fingerprint density at radius 3 is 2.56 bits per heavy atom. The number of benzene rings is 3. The van der Waals surface area contributed by atoms with E-state index in [9.17, 15) is 13.2 Å². The number of ether oxygens (including phenoxy) is 2. The first kappa shape index (κ1) is 24.2. The molecule has 0 aromatic heterocycles. The Hall–Kier alpha value is -2.97. The molecule has 1 amide bonds. The number of hydrogen-bond donors (Lipinski definition) is 1. The topological polar surface area (TPSA) is 84.9 Å². The van der Waals surface area contributed by atoms with Gasteiger partial charge in [0.15, 0.2) is 0 Å². The highest BCUT2D eigenvalue weighted by Gasteiger charge is 2.29. The Balaban J connectivity index is 1.50. The van der Waals surface area contributed by atoms with Gasteiger partial charge in [-0.3, -0.25) is 4.72 Å². The number of fused-ring (bicyclic) bond motifs is 1. The Labute approximate surface area is 204 Å². The average Bonchev–Trinajstić information content (AvgIpc) is 3.30. The summed E-state index contributed by atoms with van der Waals surface area (Å²) in [6.45, 7) is 3.50.